The predicted molar refractivity (Wildman–Crippen MR) is 162 cm³/mol. The number of nitrogens with two attached hydrogens (primary N) is 2. The molecule has 4 N–H and O–H groups in total. The summed E-state index contributed by atoms with van der Waals surface area (Å²) in [7, 11) is 3.36. The van der Waals surface area contributed by atoms with Gasteiger partial charge in [-0.15, -0.1) is 0 Å². The van der Waals surface area contributed by atoms with E-state index in [4.69, 9.17) is 20.9 Å². The van der Waals surface area contributed by atoms with Crippen LogP contribution in [0, 0.1) is 0 Å². The summed E-state index contributed by atoms with van der Waals surface area (Å²) in [6.07, 6.45) is 7.52. The Bertz CT molecular complexity index is 1450. The second-order valence-corrected chi connectivity index (χ2v) is 10.9. The standard InChI is InChI=1S/C32H40N6O3/c1-40-14-4-13-38-28(16-26-20-36-31(41-2)18-29(26)38)25-5-3-12-37(21-25)32(39)17-27(33)15-22-6-8-23(9-7-22)24-10-11-30(34)35-19-24/h6-11,16,18-20,25,27H,3-5,12-15,17,21,33H2,1-2H3,(H2,34,35)/t25-,27-/m1/s1. The third-order valence-electron chi connectivity index (χ3n) is 7.93. The molecule has 216 valence electrons. The van der Waals surface area contributed by atoms with E-state index >= 15 is 0 Å². The highest BCUT2D eigenvalue weighted by Crippen LogP contribution is 2.33. The van der Waals surface area contributed by atoms with Crippen LogP contribution in [0.2, 0.25) is 0 Å². The predicted octanol–water partition coefficient (Wildman–Crippen LogP) is 4.39. The number of hydrogen-bond donors (Lipinski definition) is 2. The molecule has 1 aliphatic heterocycles. The molecule has 5 rings (SSSR count). The normalized spacial score (nSPS) is 16.2. The number of amides is 1. The molecule has 9 nitrogen and oxygen atoms in total. The van der Waals surface area contributed by atoms with Crippen LogP contribution in [0.3, 0.4) is 0 Å². The fraction of sp³-hybridized carbons (Fsp3) is 0.406. The molecule has 9 heteroatoms. The lowest BCUT2D eigenvalue weighted by atomic mass is 9.93. The Labute approximate surface area is 241 Å². The van der Waals surface area contributed by atoms with Gasteiger partial charge in [-0.2, -0.15) is 0 Å². The lowest BCUT2D eigenvalue weighted by Gasteiger charge is -2.34. The molecule has 4 heterocycles. The van der Waals surface area contributed by atoms with Crippen molar-refractivity contribution in [3.8, 4) is 17.0 Å². The van der Waals surface area contributed by atoms with Gasteiger partial charge in [-0.3, -0.25) is 4.79 Å². The third-order valence-corrected chi connectivity index (χ3v) is 7.93. The Kier molecular flexibility index (Phi) is 9.16. The molecular formula is C32H40N6O3. The highest BCUT2D eigenvalue weighted by molar-refractivity contribution is 5.82. The van der Waals surface area contributed by atoms with Gasteiger partial charge in [0, 0.05) is 86.8 Å². The van der Waals surface area contributed by atoms with Crippen LogP contribution in [0.1, 0.15) is 42.9 Å². The lowest BCUT2D eigenvalue weighted by molar-refractivity contribution is -0.132. The number of fused-ring (bicyclic) bond motifs is 1. The summed E-state index contributed by atoms with van der Waals surface area (Å²) < 4.78 is 13.1. The van der Waals surface area contributed by atoms with E-state index in [1.165, 1.54) is 5.69 Å². The van der Waals surface area contributed by atoms with Gasteiger partial charge in [-0.1, -0.05) is 24.3 Å². The number of benzene rings is 1. The van der Waals surface area contributed by atoms with Crippen LogP contribution >= 0.6 is 0 Å². The van der Waals surface area contributed by atoms with Crippen LogP contribution in [0.25, 0.3) is 22.0 Å². The minimum atomic E-state index is -0.244. The van der Waals surface area contributed by atoms with Crippen molar-refractivity contribution in [1.29, 1.82) is 0 Å². The van der Waals surface area contributed by atoms with Crippen LogP contribution in [0.15, 0.2) is 60.9 Å². The van der Waals surface area contributed by atoms with Gasteiger partial charge in [0.15, 0.2) is 0 Å². The van der Waals surface area contributed by atoms with Gasteiger partial charge in [0.05, 0.1) is 12.6 Å². The number of aromatic nitrogens is 3. The van der Waals surface area contributed by atoms with E-state index in [2.05, 4.69) is 44.9 Å². The fourth-order valence-corrected chi connectivity index (χ4v) is 5.81. The zero-order chi connectivity index (χ0) is 28.8. The molecule has 0 radical (unpaired) electrons. The van der Waals surface area contributed by atoms with E-state index in [0.717, 1.165) is 59.9 Å². The third kappa shape index (κ3) is 6.86. The van der Waals surface area contributed by atoms with Crippen molar-refractivity contribution in [1.82, 2.24) is 19.4 Å². The topological polar surface area (TPSA) is 122 Å². The van der Waals surface area contributed by atoms with Crippen molar-refractivity contribution in [2.75, 3.05) is 39.6 Å². The molecule has 0 aliphatic carbocycles. The van der Waals surface area contributed by atoms with Gasteiger partial charge in [0.1, 0.15) is 5.82 Å². The minimum Gasteiger partial charge on any atom is -0.481 e. The van der Waals surface area contributed by atoms with E-state index in [0.29, 0.717) is 37.7 Å². The number of carbonyl (C=O) groups is 1. The van der Waals surface area contributed by atoms with Crippen molar-refractivity contribution in [2.24, 2.45) is 5.73 Å². The van der Waals surface area contributed by atoms with Crippen LogP contribution in [-0.4, -0.2) is 65.3 Å². The fourth-order valence-electron chi connectivity index (χ4n) is 5.81. The molecule has 0 bridgehead atoms. The second kappa shape index (κ2) is 13.1. The van der Waals surface area contributed by atoms with Gasteiger partial charge in [-0.05, 0) is 55.0 Å². The average Bonchev–Trinajstić information content (AvgIpc) is 3.36. The number of aryl methyl sites for hydroxylation is 1. The first-order valence-electron chi connectivity index (χ1n) is 14.3. The molecule has 1 amide bonds. The molecule has 0 saturated carbocycles. The SMILES string of the molecule is COCCCn1c([C@@H]2CCCN(C(=O)C[C@H](N)Cc3ccc(-c4ccc(N)nc4)cc3)C2)cc2cnc(OC)cc21. The highest BCUT2D eigenvalue weighted by atomic mass is 16.5. The summed E-state index contributed by atoms with van der Waals surface area (Å²) in [5.41, 5.74) is 17.7. The number of pyridine rings is 2. The average molecular weight is 557 g/mol. The molecule has 1 fully saturated rings. The Balaban J connectivity index is 1.23. The van der Waals surface area contributed by atoms with Gasteiger partial charge >= 0.3 is 0 Å². The minimum absolute atomic E-state index is 0.122. The molecule has 0 spiro atoms. The molecule has 0 unspecified atom stereocenters. The Morgan fingerprint density at radius 1 is 1.07 bits per heavy atom. The number of ether oxygens (including phenoxy) is 2. The summed E-state index contributed by atoms with van der Waals surface area (Å²) in [6.45, 7) is 2.99. The molecule has 1 saturated heterocycles. The van der Waals surface area contributed by atoms with E-state index in [-0.39, 0.29) is 17.9 Å². The van der Waals surface area contributed by atoms with Crippen LogP contribution in [-0.2, 0) is 22.5 Å². The quantitative estimate of drug-likeness (QED) is 0.263. The molecular weight excluding hydrogens is 516 g/mol. The first-order valence-corrected chi connectivity index (χ1v) is 14.3. The molecule has 41 heavy (non-hydrogen) atoms. The molecule has 2 atom stereocenters. The van der Waals surface area contributed by atoms with E-state index in [1.807, 2.05) is 23.2 Å². The Morgan fingerprint density at radius 3 is 2.61 bits per heavy atom. The van der Waals surface area contributed by atoms with E-state index < -0.39 is 0 Å². The number of piperidine rings is 1. The number of methoxy groups -OCH3 is 2. The molecule has 4 aromatic rings. The number of likely N-dealkylation sites (tertiary alicyclic amines) is 1. The largest absolute Gasteiger partial charge is 0.481 e. The van der Waals surface area contributed by atoms with Crippen molar-refractivity contribution in [2.45, 2.75) is 50.6 Å². The number of nitrogen functional groups attached to an aromatic ring is 1. The first kappa shape index (κ1) is 28.6. The maximum atomic E-state index is 13.4. The van der Waals surface area contributed by atoms with Crippen molar-refractivity contribution >= 4 is 22.6 Å². The number of nitrogens with zero attached hydrogens (tertiary/aromatic N) is 4. The zero-order valence-electron chi connectivity index (χ0n) is 24.0. The van der Waals surface area contributed by atoms with Crippen LogP contribution in [0.5, 0.6) is 5.88 Å². The first-order chi connectivity index (χ1) is 19.9. The molecule has 3 aromatic heterocycles. The van der Waals surface area contributed by atoms with E-state index in [9.17, 15) is 4.79 Å². The van der Waals surface area contributed by atoms with Gasteiger partial charge in [0.25, 0.3) is 0 Å². The van der Waals surface area contributed by atoms with Gasteiger partial charge < -0.3 is 30.4 Å². The van der Waals surface area contributed by atoms with Gasteiger partial charge in [-0.25, -0.2) is 9.97 Å². The zero-order valence-corrected chi connectivity index (χ0v) is 24.0. The van der Waals surface area contributed by atoms with Crippen LogP contribution < -0.4 is 16.2 Å². The van der Waals surface area contributed by atoms with Crippen molar-refractivity contribution in [3.63, 3.8) is 0 Å². The van der Waals surface area contributed by atoms with Crippen molar-refractivity contribution in [3.05, 3.63) is 72.2 Å². The van der Waals surface area contributed by atoms with Crippen molar-refractivity contribution < 1.29 is 14.3 Å². The number of anilines is 1. The summed E-state index contributed by atoms with van der Waals surface area (Å²) >= 11 is 0. The Morgan fingerprint density at radius 2 is 1.88 bits per heavy atom. The monoisotopic (exact) mass is 556 g/mol. The maximum Gasteiger partial charge on any atom is 0.224 e. The van der Waals surface area contributed by atoms with Crippen LogP contribution in [0.4, 0.5) is 5.82 Å². The summed E-state index contributed by atoms with van der Waals surface area (Å²) in [5, 5.41) is 1.09. The van der Waals surface area contributed by atoms with E-state index in [1.54, 1.807) is 26.5 Å². The number of rotatable bonds is 11. The molecule has 1 aliphatic rings. The second-order valence-electron chi connectivity index (χ2n) is 10.9. The Hall–Kier alpha value is -3.95. The number of hydrogen-bond acceptors (Lipinski definition) is 7. The molecule has 1 aromatic carbocycles. The summed E-state index contributed by atoms with van der Waals surface area (Å²) in [6, 6.07) is 16.0. The number of carbonyl (C=O) groups excluding carboxylic acids is 1. The highest BCUT2D eigenvalue weighted by Gasteiger charge is 2.28. The van der Waals surface area contributed by atoms with Gasteiger partial charge in [0.2, 0.25) is 11.8 Å². The lowest BCUT2D eigenvalue weighted by Crippen LogP contribution is -2.42. The summed E-state index contributed by atoms with van der Waals surface area (Å²) in [5.74, 6) is 1.47. The summed E-state index contributed by atoms with van der Waals surface area (Å²) in [4.78, 5) is 24.0. The smallest absolute Gasteiger partial charge is 0.224 e. The maximum absolute atomic E-state index is 13.4.